The second-order valence-electron chi connectivity index (χ2n) is 4.73. The molecule has 0 aliphatic heterocycles. The van der Waals surface area contributed by atoms with Gasteiger partial charge in [0.1, 0.15) is 0 Å². The second-order valence-corrected chi connectivity index (χ2v) is 5.64. The highest BCUT2D eigenvalue weighted by Crippen LogP contribution is 2.32. The lowest BCUT2D eigenvalue weighted by Crippen LogP contribution is -2.34. The fourth-order valence-corrected chi connectivity index (χ4v) is 2.28. The zero-order chi connectivity index (χ0) is 18.2. The van der Waals surface area contributed by atoms with Gasteiger partial charge in [0.25, 0.3) is 11.8 Å². The van der Waals surface area contributed by atoms with E-state index < -0.39 is 11.8 Å². The summed E-state index contributed by atoms with van der Waals surface area (Å²) in [4.78, 5) is 23.3. The lowest BCUT2D eigenvalue weighted by atomic mass is 10.2. The van der Waals surface area contributed by atoms with Gasteiger partial charge in [0.05, 0.1) is 25.6 Å². The highest BCUT2D eigenvalue weighted by atomic mass is 79.9. The van der Waals surface area contributed by atoms with Crippen LogP contribution in [0.1, 0.15) is 23.0 Å². The van der Waals surface area contributed by atoms with Crippen LogP contribution in [0.15, 0.2) is 44.5 Å². The molecule has 0 aliphatic carbocycles. The number of carbonyl (C=O) groups is 2. The van der Waals surface area contributed by atoms with Crippen molar-refractivity contribution >= 4 is 34.0 Å². The molecule has 0 saturated heterocycles. The zero-order valence-corrected chi connectivity index (χ0v) is 14.9. The number of phenols is 1. The molecule has 0 radical (unpaired) electrons. The average Bonchev–Trinajstić information content (AvgIpc) is 3.11. The van der Waals surface area contributed by atoms with Crippen LogP contribution in [-0.2, 0) is 4.79 Å². The summed E-state index contributed by atoms with van der Waals surface area (Å²) < 4.78 is 10.9. The van der Waals surface area contributed by atoms with Crippen molar-refractivity contribution in [1.29, 1.82) is 0 Å². The monoisotopic (exact) mass is 409 g/mol. The Bertz CT molecular complexity index is 774. The van der Waals surface area contributed by atoms with Gasteiger partial charge in [0.2, 0.25) is 0 Å². The maximum Gasteiger partial charge on any atom is 0.287 e. The molecule has 1 heterocycles. The Kier molecular flexibility index (Phi) is 6.58. The molecule has 2 aromatic rings. The van der Waals surface area contributed by atoms with Crippen molar-refractivity contribution in [2.45, 2.75) is 6.92 Å². The number of hydrogen-bond donors (Lipinski definition) is 3. The van der Waals surface area contributed by atoms with Crippen LogP contribution >= 0.6 is 15.9 Å². The molecule has 1 aromatic carbocycles. The second kappa shape index (κ2) is 8.88. The van der Waals surface area contributed by atoms with Crippen LogP contribution in [0.25, 0.3) is 0 Å². The molecule has 0 unspecified atom stereocenters. The molecule has 0 fully saturated rings. The topological polar surface area (TPSA) is 113 Å². The molecule has 3 N–H and O–H groups in total. The summed E-state index contributed by atoms with van der Waals surface area (Å²) in [5.41, 5.74) is 2.61. The van der Waals surface area contributed by atoms with E-state index in [1.165, 1.54) is 18.5 Å². The fourth-order valence-electron chi connectivity index (χ4n) is 1.83. The molecule has 0 aliphatic rings. The van der Waals surface area contributed by atoms with Gasteiger partial charge in [-0.3, -0.25) is 9.59 Å². The van der Waals surface area contributed by atoms with Crippen LogP contribution in [0.3, 0.4) is 0 Å². The maximum absolute atomic E-state index is 11.7. The number of carbonyl (C=O) groups excluding carboxylic acids is 2. The maximum atomic E-state index is 11.7. The SMILES string of the molecule is CCOc1cc(Br)cc(C=NNC(=O)CNC(=O)c2ccco2)c1O. The number of hydrogen-bond acceptors (Lipinski definition) is 6. The number of nitrogens with one attached hydrogen (secondary N) is 2. The predicted molar refractivity (Wildman–Crippen MR) is 93.8 cm³/mol. The van der Waals surface area contributed by atoms with Crippen LogP contribution in [0.2, 0.25) is 0 Å². The van der Waals surface area contributed by atoms with Crippen molar-refractivity contribution in [3.8, 4) is 11.5 Å². The molecule has 132 valence electrons. The molecule has 0 spiro atoms. The Morgan fingerprint density at radius 3 is 2.92 bits per heavy atom. The smallest absolute Gasteiger partial charge is 0.287 e. The molecule has 25 heavy (non-hydrogen) atoms. The van der Waals surface area contributed by atoms with Crippen LogP contribution in [0.4, 0.5) is 0 Å². The molecule has 2 amide bonds. The number of phenolic OH excluding ortho intramolecular Hbond substituents is 1. The summed E-state index contributed by atoms with van der Waals surface area (Å²) in [6.45, 7) is 1.92. The van der Waals surface area contributed by atoms with Gasteiger partial charge in [0, 0.05) is 10.0 Å². The quantitative estimate of drug-likeness (QED) is 0.478. The van der Waals surface area contributed by atoms with E-state index in [4.69, 9.17) is 9.15 Å². The summed E-state index contributed by atoms with van der Waals surface area (Å²) in [5.74, 6) is -0.714. The number of furan rings is 1. The summed E-state index contributed by atoms with van der Waals surface area (Å²) in [7, 11) is 0. The molecule has 0 bridgehead atoms. The minimum Gasteiger partial charge on any atom is -0.504 e. The normalized spacial score (nSPS) is 10.6. The first kappa shape index (κ1) is 18.5. The molecule has 0 atom stereocenters. The minimum absolute atomic E-state index is 0.0887. The van der Waals surface area contributed by atoms with E-state index in [1.54, 1.807) is 25.1 Å². The number of benzene rings is 1. The Morgan fingerprint density at radius 2 is 2.24 bits per heavy atom. The van der Waals surface area contributed by atoms with Gasteiger partial charge in [0.15, 0.2) is 17.3 Å². The Hall–Kier alpha value is -2.81. The molecule has 2 rings (SSSR count). The van der Waals surface area contributed by atoms with Crippen LogP contribution in [0.5, 0.6) is 11.5 Å². The molecule has 9 heteroatoms. The van der Waals surface area contributed by atoms with Crippen LogP contribution in [-0.4, -0.2) is 36.3 Å². The highest BCUT2D eigenvalue weighted by molar-refractivity contribution is 9.10. The lowest BCUT2D eigenvalue weighted by molar-refractivity contribution is -0.120. The molecule has 8 nitrogen and oxygen atoms in total. The summed E-state index contributed by atoms with van der Waals surface area (Å²) >= 11 is 3.30. The average molecular weight is 410 g/mol. The third-order valence-electron chi connectivity index (χ3n) is 2.92. The largest absolute Gasteiger partial charge is 0.504 e. The van der Waals surface area contributed by atoms with Crippen molar-refractivity contribution in [2.75, 3.05) is 13.2 Å². The van der Waals surface area contributed by atoms with Crippen LogP contribution in [0, 0.1) is 0 Å². The van der Waals surface area contributed by atoms with E-state index in [9.17, 15) is 14.7 Å². The van der Waals surface area contributed by atoms with E-state index in [2.05, 4.69) is 31.8 Å². The van der Waals surface area contributed by atoms with Crippen molar-refractivity contribution in [3.63, 3.8) is 0 Å². The lowest BCUT2D eigenvalue weighted by Gasteiger charge is -2.08. The van der Waals surface area contributed by atoms with Gasteiger partial charge in [-0.15, -0.1) is 0 Å². The van der Waals surface area contributed by atoms with E-state index >= 15 is 0 Å². The van der Waals surface area contributed by atoms with E-state index in [0.29, 0.717) is 22.4 Å². The van der Waals surface area contributed by atoms with E-state index in [0.717, 1.165) is 0 Å². The first-order valence-corrected chi connectivity index (χ1v) is 8.09. The number of aromatic hydroxyl groups is 1. The van der Waals surface area contributed by atoms with E-state index in [-0.39, 0.29) is 18.1 Å². The molecular weight excluding hydrogens is 394 g/mol. The zero-order valence-electron chi connectivity index (χ0n) is 13.3. The van der Waals surface area contributed by atoms with E-state index in [1.807, 2.05) is 0 Å². The highest BCUT2D eigenvalue weighted by Gasteiger charge is 2.11. The van der Waals surface area contributed by atoms with Crippen molar-refractivity contribution < 1.29 is 23.8 Å². The number of rotatable bonds is 7. The Morgan fingerprint density at radius 1 is 1.44 bits per heavy atom. The van der Waals surface area contributed by atoms with Crippen LogP contribution < -0.4 is 15.5 Å². The van der Waals surface area contributed by atoms with Gasteiger partial charge in [-0.25, -0.2) is 5.43 Å². The van der Waals surface area contributed by atoms with Crippen molar-refractivity contribution in [3.05, 3.63) is 46.3 Å². The van der Waals surface area contributed by atoms with Gasteiger partial charge < -0.3 is 19.6 Å². The molecule has 0 saturated carbocycles. The number of hydrazone groups is 1. The van der Waals surface area contributed by atoms with Crippen molar-refractivity contribution in [2.24, 2.45) is 5.10 Å². The number of amides is 2. The number of ether oxygens (including phenoxy) is 1. The first-order valence-electron chi connectivity index (χ1n) is 7.30. The fraction of sp³-hybridized carbons (Fsp3) is 0.188. The summed E-state index contributed by atoms with van der Waals surface area (Å²) in [5, 5.41) is 16.2. The van der Waals surface area contributed by atoms with Gasteiger partial charge in [-0.2, -0.15) is 5.10 Å². The minimum atomic E-state index is -0.532. The Balaban J connectivity index is 1.90. The van der Waals surface area contributed by atoms with Crippen molar-refractivity contribution in [1.82, 2.24) is 10.7 Å². The predicted octanol–water partition coefficient (Wildman–Crippen LogP) is 2.03. The van der Waals surface area contributed by atoms with Gasteiger partial charge >= 0.3 is 0 Å². The third-order valence-corrected chi connectivity index (χ3v) is 3.37. The number of halogens is 1. The van der Waals surface area contributed by atoms with Gasteiger partial charge in [-0.1, -0.05) is 15.9 Å². The standard InChI is InChI=1S/C16H16BrN3O5/c1-2-24-13-7-11(17)6-10(15(13)22)8-19-20-14(21)9-18-16(23)12-4-3-5-25-12/h3-8,22H,2,9H2,1H3,(H,18,23)(H,20,21). The Labute approximate surface area is 152 Å². The first-order chi connectivity index (χ1) is 12.0. The summed E-state index contributed by atoms with van der Waals surface area (Å²) in [6, 6.07) is 6.29. The molecular formula is C16H16BrN3O5. The summed E-state index contributed by atoms with van der Waals surface area (Å²) in [6.07, 6.45) is 2.63. The third kappa shape index (κ3) is 5.35. The molecule has 1 aromatic heterocycles. The van der Waals surface area contributed by atoms with Gasteiger partial charge in [-0.05, 0) is 31.2 Å². The number of nitrogens with zero attached hydrogens (tertiary/aromatic N) is 1.